The van der Waals surface area contributed by atoms with Gasteiger partial charge in [0.25, 0.3) is 0 Å². The van der Waals surface area contributed by atoms with Gasteiger partial charge < -0.3 is 9.64 Å². The fourth-order valence-corrected chi connectivity index (χ4v) is 5.08. The van der Waals surface area contributed by atoms with E-state index < -0.39 is 0 Å². The van der Waals surface area contributed by atoms with E-state index in [9.17, 15) is 4.79 Å². The molecule has 0 saturated heterocycles. The fraction of sp³-hybridized carbons (Fsp3) is 0.367. The molecule has 4 rings (SSSR count). The van der Waals surface area contributed by atoms with Gasteiger partial charge in [0, 0.05) is 5.69 Å². The molecule has 3 aromatic carbocycles. The Hall–Kier alpha value is -3.07. The molecular weight excluding hydrogens is 406 g/mol. The number of ether oxygens (including phenoxy) is 1. The molecule has 0 heterocycles. The molecular formula is C30H35NO2. The number of nitrogens with zero attached hydrogens (tertiary/aromatic N) is 1. The number of amides is 1. The van der Waals surface area contributed by atoms with E-state index in [1.54, 1.807) is 7.11 Å². The summed E-state index contributed by atoms with van der Waals surface area (Å²) in [6, 6.07) is 23.0. The molecule has 3 nitrogen and oxygen atoms in total. The summed E-state index contributed by atoms with van der Waals surface area (Å²) in [6.45, 7) is 8.66. The Balaban J connectivity index is 1.78. The van der Waals surface area contributed by atoms with Crippen molar-refractivity contribution in [3.63, 3.8) is 0 Å². The van der Waals surface area contributed by atoms with Gasteiger partial charge in [0.15, 0.2) is 0 Å². The summed E-state index contributed by atoms with van der Waals surface area (Å²) in [6.07, 6.45) is 2.90. The average Bonchev–Trinajstić information content (AvgIpc) is 2.83. The van der Waals surface area contributed by atoms with E-state index in [1.165, 1.54) is 22.3 Å². The molecule has 2 unspecified atom stereocenters. The smallest absolute Gasteiger partial charge is 0.235 e. The van der Waals surface area contributed by atoms with Crippen LogP contribution in [0, 0.1) is 6.92 Å². The normalized spacial score (nSPS) is 16.2. The quantitative estimate of drug-likeness (QED) is 0.400. The Morgan fingerprint density at radius 3 is 2.39 bits per heavy atom. The van der Waals surface area contributed by atoms with Crippen LogP contribution in [0.4, 0.5) is 5.69 Å². The summed E-state index contributed by atoms with van der Waals surface area (Å²) in [5.74, 6) is 1.26. The van der Waals surface area contributed by atoms with Crippen molar-refractivity contribution < 1.29 is 9.53 Å². The van der Waals surface area contributed by atoms with Crippen molar-refractivity contribution in [2.75, 3.05) is 12.0 Å². The lowest BCUT2D eigenvalue weighted by molar-refractivity contribution is -0.120. The number of fused-ring (bicyclic) bond motifs is 1. The Morgan fingerprint density at radius 1 is 1.00 bits per heavy atom. The number of benzene rings is 3. The second kappa shape index (κ2) is 9.82. The summed E-state index contributed by atoms with van der Waals surface area (Å²) < 4.78 is 5.50. The minimum atomic E-state index is -0.167. The number of carbonyl (C=O) groups is 1. The first kappa shape index (κ1) is 23.1. The van der Waals surface area contributed by atoms with E-state index in [4.69, 9.17) is 4.74 Å². The molecule has 3 heteroatoms. The molecule has 3 aromatic rings. The third-order valence-corrected chi connectivity index (χ3v) is 7.07. The number of carbonyl (C=O) groups excluding carboxylic acids is 1. The highest BCUT2D eigenvalue weighted by molar-refractivity contribution is 5.99. The van der Waals surface area contributed by atoms with Crippen molar-refractivity contribution in [3.05, 3.63) is 94.5 Å². The molecule has 0 spiro atoms. The topological polar surface area (TPSA) is 29.5 Å². The maximum Gasteiger partial charge on any atom is 0.235 e. The first-order valence-electron chi connectivity index (χ1n) is 12.1. The molecule has 0 N–H and O–H groups in total. The van der Waals surface area contributed by atoms with Crippen molar-refractivity contribution in [2.24, 2.45) is 0 Å². The number of hydrogen-bond donors (Lipinski definition) is 0. The van der Waals surface area contributed by atoms with Crippen LogP contribution in [0.5, 0.6) is 5.75 Å². The maximum absolute atomic E-state index is 14.3. The standard InChI is InChI=1S/C30H35NO2/c1-20(2)23-13-16-25(17-14-23)31(22(4)27-11-7-6-9-21(27)3)30(32)28-12-8-10-24-15-18-26(33-5)19-29(24)28/h6-7,9,11,13-20,22,28H,8,10,12H2,1-5H3. The lowest BCUT2D eigenvalue weighted by Gasteiger charge is -2.36. The van der Waals surface area contributed by atoms with Crippen molar-refractivity contribution in [1.82, 2.24) is 0 Å². The summed E-state index contributed by atoms with van der Waals surface area (Å²) in [7, 11) is 1.68. The highest BCUT2D eigenvalue weighted by Gasteiger charge is 2.34. The predicted molar refractivity (Wildman–Crippen MR) is 136 cm³/mol. The average molecular weight is 442 g/mol. The Morgan fingerprint density at radius 2 is 1.73 bits per heavy atom. The van der Waals surface area contributed by atoms with Crippen LogP contribution in [0.25, 0.3) is 0 Å². The van der Waals surface area contributed by atoms with Crippen LogP contribution in [0.3, 0.4) is 0 Å². The van der Waals surface area contributed by atoms with Gasteiger partial charge in [-0.15, -0.1) is 0 Å². The zero-order chi connectivity index (χ0) is 23.5. The minimum Gasteiger partial charge on any atom is -0.497 e. The fourth-order valence-electron chi connectivity index (χ4n) is 5.08. The monoisotopic (exact) mass is 441 g/mol. The van der Waals surface area contributed by atoms with Crippen LogP contribution in [-0.2, 0) is 11.2 Å². The van der Waals surface area contributed by atoms with Crippen LogP contribution >= 0.6 is 0 Å². The van der Waals surface area contributed by atoms with Gasteiger partial charge in [-0.3, -0.25) is 4.79 Å². The second-order valence-corrected chi connectivity index (χ2v) is 9.50. The summed E-state index contributed by atoms with van der Waals surface area (Å²) in [5.41, 5.74) is 7.00. The van der Waals surface area contributed by atoms with E-state index in [0.717, 1.165) is 36.3 Å². The zero-order valence-corrected chi connectivity index (χ0v) is 20.5. The van der Waals surface area contributed by atoms with Crippen LogP contribution < -0.4 is 9.64 Å². The molecule has 33 heavy (non-hydrogen) atoms. The first-order valence-corrected chi connectivity index (χ1v) is 12.1. The largest absolute Gasteiger partial charge is 0.497 e. The molecule has 0 bridgehead atoms. The van der Waals surface area contributed by atoms with Crippen molar-refractivity contribution >= 4 is 11.6 Å². The number of aryl methyl sites for hydroxylation is 2. The van der Waals surface area contributed by atoms with E-state index >= 15 is 0 Å². The third-order valence-electron chi connectivity index (χ3n) is 7.07. The summed E-state index contributed by atoms with van der Waals surface area (Å²) in [5, 5.41) is 0. The highest BCUT2D eigenvalue weighted by atomic mass is 16.5. The lowest BCUT2D eigenvalue weighted by atomic mass is 9.81. The van der Waals surface area contributed by atoms with E-state index in [-0.39, 0.29) is 17.9 Å². The molecule has 1 amide bonds. The molecule has 1 aliphatic rings. The molecule has 0 saturated carbocycles. The second-order valence-electron chi connectivity index (χ2n) is 9.50. The predicted octanol–water partition coefficient (Wildman–Crippen LogP) is 7.34. The van der Waals surface area contributed by atoms with Crippen molar-refractivity contribution in [3.8, 4) is 5.75 Å². The highest BCUT2D eigenvalue weighted by Crippen LogP contribution is 2.39. The Labute approximate surface area is 198 Å². The van der Waals surface area contributed by atoms with Gasteiger partial charge in [-0.1, -0.05) is 56.3 Å². The molecule has 0 fully saturated rings. The summed E-state index contributed by atoms with van der Waals surface area (Å²) >= 11 is 0. The molecule has 0 radical (unpaired) electrons. The SMILES string of the molecule is COc1ccc2c(c1)C(C(=O)N(c1ccc(C(C)C)cc1)C(C)c1ccccc1C)CCC2. The summed E-state index contributed by atoms with van der Waals surface area (Å²) in [4.78, 5) is 16.3. The van der Waals surface area contributed by atoms with Gasteiger partial charge in [0.1, 0.15) is 5.75 Å². The molecule has 2 atom stereocenters. The Kier molecular flexibility index (Phi) is 6.88. The van der Waals surface area contributed by atoms with E-state index in [2.05, 4.69) is 88.4 Å². The Bertz CT molecular complexity index is 1120. The number of anilines is 1. The van der Waals surface area contributed by atoms with Gasteiger partial charge in [-0.05, 0) is 91.1 Å². The minimum absolute atomic E-state index is 0.0698. The van der Waals surface area contributed by atoms with E-state index in [0.29, 0.717) is 5.92 Å². The van der Waals surface area contributed by atoms with Gasteiger partial charge in [-0.25, -0.2) is 0 Å². The molecule has 0 aromatic heterocycles. The van der Waals surface area contributed by atoms with Crippen LogP contribution in [0.1, 0.15) is 79.3 Å². The van der Waals surface area contributed by atoms with Gasteiger partial charge >= 0.3 is 0 Å². The molecule has 0 aliphatic heterocycles. The van der Waals surface area contributed by atoms with Gasteiger partial charge in [0.05, 0.1) is 19.1 Å². The van der Waals surface area contributed by atoms with Gasteiger partial charge in [-0.2, -0.15) is 0 Å². The van der Waals surface area contributed by atoms with Crippen molar-refractivity contribution in [1.29, 1.82) is 0 Å². The number of rotatable bonds is 6. The maximum atomic E-state index is 14.3. The van der Waals surface area contributed by atoms with Crippen molar-refractivity contribution in [2.45, 2.75) is 64.8 Å². The van der Waals surface area contributed by atoms with Crippen LogP contribution in [-0.4, -0.2) is 13.0 Å². The van der Waals surface area contributed by atoms with E-state index in [1.807, 2.05) is 11.0 Å². The molecule has 1 aliphatic carbocycles. The van der Waals surface area contributed by atoms with Crippen LogP contribution in [0.15, 0.2) is 66.7 Å². The zero-order valence-electron chi connectivity index (χ0n) is 20.5. The number of hydrogen-bond acceptors (Lipinski definition) is 2. The molecule has 172 valence electrons. The van der Waals surface area contributed by atoms with Crippen LogP contribution in [0.2, 0.25) is 0 Å². The first-order chi connectivity index (χ1) is 15.9. The third kappa shape index (κ3) is 4.68. The van der Waals surface area contributed by atoms with Gasteiger partial charge in [0.2, 0.25) is 5.91 Å². The number of methoxy groups -OCH3 is 1. The lowest BCUT2D eigenvalue weighted by Crippen LogP contribution is -2.38.